The molecule has 1 aromatic rings. The van der Waals surface area contributed by atoms with E-state index in [1.165, 1.54) is 0 Å². The van der Waals surface area contributed by atoms with E-state index in [-0.39, 0.29) is 5.92 Å². The summed E-state index contributed by atoms with van der Waals surface area (Å²) in [7, 11) is 0. The van der Waals surface area contributed by atoms with Gasteiger partial charge in [0.25, 0.3) is 0 Å². The van der Waals surface area contributed by atoms with E-state index < -0.39 is 12.2 Å². The number of hydrogen-bond acceptors (Lipinski definition) is 3. The molecule has 1 fully saturated rings. The van der Waals surface area contributed by atoms with Crippen molar-refractivity contribution in [3.8, 4) is 5.75 Å². The highest BCUT2D eigenvalue weighted by Crippen LogP contribution is 2.29. The first-order valence-electron chi connectivity index (χ1n) is 6.20. The van der Waals surface area contributed by atoms with Gasteiger partial charge in [0.15, 0.2) is 0 Å². The summed E-state index contributed by atoms with van der Waals surface area (Å²) in [5.41, 5.74) is 0.712. The molecule has 0 radical (unpaired) electrons. The van der Waals surface area contributed by atoms with Gasteiger partial charge in [0.05, 0.1) is 12.2 Å². The van der Waals surface area contributed by atoms with Crippen molar-refractivity contribution in [3.05, 3.63) is 29.8 Å². The van der Waals surface area contributed by atoms with Gasteiger partial charge >= 0.3 is 0 Å². The van der Waals surface area contributed by atoms with Crippen LogP contribution in [0.2, 0.25) is 0 Å². The molecule has 17 heavy (non-hydrogen) atoms. The minimum absolute atomic E-state index is 0.0259. The average Bonchev–Trinajstić information content (AvgIpc) is 3.11. The molecule has 1 saturated carbocycles. The molecule has 0 saturated heterocycles. The summed E-state index contributed by atoms with van der Waals surface area (Å²) in [4.78, 5) is 0. The summed E-state index contributed by atoms with van der Waals surface area (Å²) in [5, 5.41) is 19.9. The third-order valence-electron chi connectivity index (χ3n) is 3.03. The lowest BCUT2D eigenvalue weighted by atomic mass is 9.96. The van der Waals surface area contributed by atoms with E-state index in [2.05, 4.69) is 0 Å². The second kappa shape index (κ2) is 5.07. The number of aliphatic hydroxyl groups is 2. The normalized spacial score (nSPS) is 19.1. The molecule has 0 bridgehead atoms. The Morgan fingerprint density at radius 1 is 1.24 bits per heavy atom. The topological polar surface area (TPSA) is 49.7 Å². The van der Waals surface area contributed by atoms with Crippen LogP contribution in [0.1, 0.15) is 38.4 Å². The first-order chi connectivity index (χ1) is 8.08. The van der Waals surface area contributed by atoms with Crippen molar-refractivity contribution >= 4 is 0 Å². The highest BCUT2D eigenvalue weighted by molar-refractivity contribution is 5.30. The zero-order valence-electron chi connectivity index (χ0n) is 10.3. The Hall–Kier alpha value is -1.06. The molecule has 94 valence electrons. The third kappa shape index (κ3) is 3.20. The minimum atomic E-state index is -0.849. The van der Waals surface area contributed by atoms with Crippen LogP contribution in [0.4, 0.5) is 0 Å². The molecule has 0 amide bonds. The summed E-state index contributed by atoms with van der Waals surface area (Å²) in [6.07, 6.45) is 0.976. The molecule has 3 nitrogen and oxygen atoms in total. The van der Waals surface area contributed by atoms with E-state index >= 15 is 0 Å². The maximum absolute atomic E-state index is 10.0. The minimum Gasteiger partial charge on any atom is -0.490 e. The predicted molar refractivity (Wildman–Crippen MR) is 65.9 cm³/mol. The maximum atomic E-state index is 10.0. The Bertz CT molecular complexity index is 371. The highest BCUT2D eigenvalue weighted by Gasteiger charge is 2.25. The van der Waals surface area contributed by atoms with Crippen LogP contribution in [0, 0.1) is 5.92 Å². The summed E-state index contributed by atoms with van der Waals surface area (Å²) in [5.74, 6) is 0.804. The van der Waals surface area contributed by atoms with Crippen molar-refractivity contribution in [2.24, 2.45) is 5.92 Å². The smallest absolute Gasteiger partial charge is 0.120 e. The van der Waals surface area contributed by atoms with Crippen molar-refractivity contribution in [1.29, 1.82) is 0 Å². The molecule has 2 atom stereocenters. The molecular formula is C14H20O3. The van der Waals surface area contributed by atoms with E-state index in [0.717, 1.165) is 18.6 Å². The van der Waals surface area contributed by atoms with Crippen molar-refractivity contribution in [2.75, 3.05) is 0 Å². The molecule has 0 heterocycles. The second-order valence-electron chi connectivity index (χ2n) is 5.07. The first kappa shape index (κ1) is 12.4. The Morgan fingerprint density at radius 3 is 2.53 bits per heavy atom. The van der Waals surface area contributed by atoms with E-state index in [0.29, 0.717) is 11.7 Å². The fraction of sp³-hybridized carbons (Fsp3) is 0.571. The van der Waals surface area contributed by atoms with E-state index in [4.69, 9.17) is 4.74 Å². The third-order valence-corrected chi connectivity index (χ3v) is 3.03. The van der Waals surface area contributed by atoms with Crippen LogP contribution in [0.3, 0.4) is 0 Å². The number of benzene rings is 1. The van der Waals surface area contributed by atoms with Crippen molar-refractivity contribution < 1.29 is 14.9 Å². The molecule has 0 aliphatic heterocycles. The van der Waals surface area contributed by atoms with Gasteiger partial charge in [-0.15, -0.1) is 0 Å². The summed E-state index contributed by atoms with van der Waals surface area (Å²) in [6, 6.07) is 7.37. The second-order valence-corrected chi connectivity index (χ2v) is 5.07. The van der Waals surface area contributed by atoms with Gasteiger partial charge in [0.1, 0.15) is 11.9 Å². The van der Waals surface area contributed by atoms with Gasteiger partial charge in [0, 0.05) is 0 Å². The van der Waals surface area contributed by atoms with Crippen molar-refractivity contribution in [3.63, 3.8) is 0 Å². The van der Waals surface area contributed by atoms with Gasteiger partial charge in [-0.2, -0.15) is 0 Å². The van der Waals surface area contributed by atoms with Gasteiger partial charge in [0.2, 0.25) is 0 Å². The lowest BCUT2D eigenvalue weighted by molar-refractivity contribution is -0.00950. The van der Waals surface area contributed by atoms with E-state index in [1.807, 2.05) is 38.1 Å². The maximum Gasteiger partial charge on any atom is 0.120 e. The van der Waals surface area contributed by atoms with Crippen LogP contribution in [0.5, 0.6) is 5.75 Å². The largest absolute Gasteiger partial charge is 0.490 e. The zero-order chi connectivity index (χ0) is 12.4. The van der Waals surface area contributed by atoms with E-state index in [1.54, 1.807) is 0 Å². The van der Waals surface area contributed by atoms with Gasteiger partial charge in [-0.25, -0.2) is 0 Å². The van der Waals surface area contributed by atoms with Crippen LogP contribution in [-0.4, -0.2) is 22.4 Å². The number of aliphatic hydroxyl groups excluding tert-OH is 2. The van der Waals surface area contributed by atoms with Crippen LogP contribution in [0.15, 0.2) is 24.3 Å². The number of rotatable bonds is 5. The Balaban J connectivity index is 2.08. The molecule has 1 aliphatic carbocycles. The molecule has 2 rings (SSSR count). The predicted octanol–water partition coefficient (Wildman–Crippen LogP) is 2.28. The molecule has 2 unspecified atom stereocenters. The molecule has 1 aliphatic rings. The van der Waals surface area contributed by atoms with E-state index in [9.17, 15) is 10.2 Å². The van der Waals surface area contributed by atoms with Crippen LogP contribution < -0.4 is 4.74 Å². The monoisotopic (exact) mass is 236 g/mol. The molecular weight excluding hydrogens is 216 g/mol. The SMILES string of the molecule is CC(C)C(O)C(O)c1cccc(OC2CC2)c1. The molecule has 1 aromatic carbocycles. The van der Waals surface area contributed by atoms with Gasteiger partial charge in [-0.3, -0.25) is 0 Å². The number of ether oxygens (including phenoxy) is 1. The standard InChI is InChI=1S/C14H20O3/c1-9(2)13(15)14(16)10-4-3-5-12(8-10)17-11-6-7-11/h3-5,8-9,11,13-16H,6-7H2,1-2H3. The highest BCUT2D eigenvalue weighted by atomic mass is 16.5. The fourth-order valence-corrected chi connectivity index (χ4v) is 1.71. The summed E-state index contributed by atoms with van der Waals surface area (Å²) < 4.78 is 5.66. The molecule has 2 N–H and O–H groups in total. The average molecular weight is 236 g/mol. The Labute approximate surface area is 102 Å². The van der Waals surface area contributed by atoms with Gasteiger partial charge in [-0.1, -0.05) is 26.0 Å². The van der Waals surface area contributed by atoms with Crippen molar-refractivity contribution in [1.82, 2.24) is 0 Å². The first-order valence-corrected chi connectivity index (χ1v) is 6.20. The van der Waals surface area contributed by atoms with Gasteiger partial charge in [-0.05, 0) is 36.5 Å². The molecule has 3 heteroatoms. The Morgan fingerprint density at radius 2 is 1.94 bits per heavy atom. The Kier molecular flexibility index (Phi) is 3.69. The van der Waals surface area contributed by atoms with Crippen molar-refractivity contribution in [2.45, 2.75) is 45.0 Å². The fourth-order valence-electron chi connectivity index (χ4n) is 1.71. The summed E-state index contributed by atoms with van der Waals surface area (Å²) in [6.45, 7) is 3.77. The van der Waals surface area contributed by atoms with Crippen LogP contribution >= 0.6 is 0 Å². The number of hydrogen-bond donors (Lipinski definition) is 2. The van der Waals surface area contributed by atoms with Crippen LogP contribution in [-0.2, 0) is 0 Å². The zero-order valence-corrected chi connectivity index (χ0v) is 10.3. The lowest BCUT2D eigenvalue weighted by Crippen LogP contribution is -2.23. The summed E-state index contributed by atoms with van der Waals surface area (Å²) >= 11 is 0. The quantitative estimate of drug-likeness (QED) is 0.824. The van der Waals surface area contributed by atoms with Gasteiger partial charge < -0.3 is 14.9 Å². The van der Waals surface area contributed by atoms with Crippen LogP contribution in [0.25, 0.3) is 0 Å². The molecule has 0 spiro atoms. The molecule has 0 aromatic heterocycles. The lowest BCUT2D eigenvalue weighted by Gasteiger charge is -2.21.